The van der Waals surface area contributed by atoms with E-state index >= 15 is 0 Å². The van der Waals surface area contributed by atoms with Gasteiger partial charge in [0.15, 0.2) is 5.82 Å². The maximum atomic E-state index is 12.8. The van der Waals surface area contributed by atoms with Gasteiger partial charge < -0.3 is 10.2 Å². The number of amides is 1. The minimum Gasteiger partial charge on any atom is -0.370 e. The molecule has 25 heavy (non-hydrogen) atoms. The summed E-state index contributed by atoms with van der Waals surface area (Å²) in [6.07, 6.45) is 3.20. The largest absolute Gasteiger partial charge is 0.370 e. The van der Waals surface area contributed by atoms with Gasteiger partial charge in [-0.2, -0.15) is 0 Å². The summed E-state index contributed by atoms with van der Waals surface area (Å²) in [7, 11) is 0. The van der Waals surface area contributed by atoms with Crippen LogP contribution in [0, 0.1) is 5.92 Å². The number of hydrogen-bond donors (Lipinski definition) is 1. The molecule has 0 bridgehead atoms. The molecule has 0 aliphatic carbocycles. The lowest BCUT2D eigenvalue weighted by Gasteiger charge is -2.16. The van der Waals surface area contributed by atoms with Crippen LogP contribution < -0.4 is 5.32 Å². The highest BCUT2D eigenvalue weighted by Crippen LogP contribution is 2.20. The normalized spacial score (nSPS) is 14.1. The zero-order valence-corrected chi connectivity index (χ0v) is 15.0. The third-order valence-electron chi connectivity index (χ3n) is 4.40. The molecule has 0 radical (unpaired) electrons. The standard InChI is InChI=1S/C20H26N4O/c1-15(2)10-11-21-18-14-17(20(25)24-12-6-7-13-24)22-19(23-18)16-8-4-3-5-9-16/h3-5,8-9,14-15H,6-7,10-13H2,1-2H3,(H,21,22,23). The van der Waals surface area contributed by atoms with E-state index in [1.165, 1.54) is 0 Å². The van der Waals surface area contributed by atoms with Crippen molar-refractivity contribution in [2.45, 2.75) is 33.1 Å². The number of anilines is 1. The first-order valence-electron chi connectivity index (χ1n) is 9.11. The summed E-state index contributed by atoms with van der Waals surface area (Å²) in [5.41, 5.74) is 1.40. The van der Waals surface area contributed by atoms with E-state index in [1.807, 2.05) is 35.2 Å². The SMILES string of the molecule is CC(C)CCNc1cc(C(=O)N2CCCC2)nc(-c2ccccc2)n1. The van der Waals surface area contributed by atoms with Crippen molar-refractivity contribution in [3.63, 3.8) is 0 Å². The fourth-order valence-electron chi connectivity index (χ4n) is 2.93. The molecular formula is C20H26N4O. The topological polar surface area (TPSA) is 58.1 Å². The number of nitrogens with one attached hydrogen (secondary N) is 1. The van der Waals surface area contributed by atoms with Crippen LogP contribution in [0.5, 0.6) is 0 Å². The maximum absolute atomic E-state index is 12.8. The van der Waals surface area contributed by atoms with Crippen LogP contribution in [-0.2, 0) is 0 Å². The fraction of sp³-hybridized carbons (Fsp3) is 0.450. The molecule has 1 N–H and O–H groups in total. The Balaban J connectivity index is 1.88. The minimum absolute atomic E-state index is 0.00370. The van der Waals surface area contributed by atoms with Crippen LogP contribution in [0.1, 0.15) is 43.6 Å². The third-order valence-corrected chi connectivity index (χ3v) is 4.40. The van der Waals surface area contributed by atoms with E-state index in [1.54, 1.807) is 6.07 Å². The monoisotopic (exact) mass is 338 g/mol. The summed E-state index contributed by atoms with van der Waals surface area (Å²) >= 11 is 0. The number of likely N-dealkylation sites (tertiary alicyclic amines) is 1. The van der Waals surface area contributed by atoms with Crippen LogP contribution in [0.25, 0.3) is 11.4 Å². The van der Waals surface area contributed by atoms with Gasteiger partial charge in [0.1, 0.15) is 11.5 Å². The van der Waals surface area contributed by atoms with Crippen LogP contribution in [0.3, 0.4) is 0 Å². The van der Waals surface area contributed by atoms with Gasteiger partial charge in [0.05, 0.1) is 0 Å². The van der Waals surface area contributed by atoms with Gasteiger partial charge in [0.2, 0.25) is 0 Å². The Morgan fingerprint density at radius 3 is 2.56 bits per heavy atom. The maximum Gasteiger partial charge on any atom is 0.272 e. The Hall–Kier alpha value is -2.43. The first kappa shape index (κ1) is 17.4. The number of benzene rings is 1. The summed E-state index contributed by atoms with van der Waals surface area (Å²) in [5, 5.41) is 3.35. The quantitative estimate of drug-likeness (QED) is 0.869. The minimum atomic E-state index is 0.00370. The molecule has 5 nitrogen and oxygen atoms in total. The number of aromatic nitrogens is 2. The second-order valence-corrected chi connectivity index (χ2v) is 6.94. The predicted octanol–water partition coefficient (Wildman–Crippen LogP) is 3.84. The summed E-state index contributed by atoms with van der Waals surface area (Å²) in [6, 6.07) is 11.6. The molecule has 1 aliphatic heterocycles. The summed E-state index contributed by atoms with van der Waals surface area (Å²) < 4.78 is 0. The Labute approximate surface area is 149 Å². The first-order chi connectivity index (χ1) is 12.1. The van der Waals surface area contributed by atoms with Gasteiger partial charge in [-0.05, 0) is 25.2 Å². The van der Waals surface area contributed by atoms with Crippen molar-refractivity contribution in [1.29, 1.82) is 0 Å². The average molecular weight is 338 g/mol. The third kappa shape index (κ3) is 4.56. The lowest BCUT2D eigenvalue weighted by molar-refractivity contribution is 0.0787. The highest BCUT2D eigenvalue weighted by molar-refractivity contribution is 5.93. The molecule has 0 unspecified atom stereocenters. The molecule has 1 aliphatic rings. The molecule has 1 fully saturated rings. The zero-order valence-electron chi connectivity index (χ0n) is 15.0. The van der Waals surface area contributed by atoms with Gasteiger partial charge in [-0.15, -0.1) is 0 Å². The van der Waals surface area contributed by atoms with Gasteiger partial charge in [-0.1, -0.05) is 44.2 Å². The Morgan fingerprint density at radius 1 is 1.16 bits per heavy atom. The molecule has 0 atom stereocenters. The van der Waals surface area contributed by atoms with Crippen molar-refractivity contribution in [1.82, 2.24) is 14.9 Å². The van der Waals surface area contributed by atoms with Gasteiger partial charge in [0, 0.05) is 31.3 Å². The number of hydrogen-bond acceptors (Lipinski definition) is 4. The number of carbonyl (C=O) groups excluding carboxylic acids is 1. The number of carbonyl (C=O) groups is 1. The first-order valence-corrected chi connectivity index (χ1v) is 9.11. The summed E-state index contributed by atoms with van der Waals surface area (Å²) in [6.45, 7) is 6.86. The van der Waals surface area contributed by atoms with E-state index in [-0.39, 0.29) is 5.91 Å². The van der Waals surface area contributed by atoms with Crippen LogP contribution in [0.2, 0.25) is 0 Å². The molecule has 132 valence electrons. The second-order valence-electron chi connectivity index (χ2n) is 6.94. The van der Waals surface area contributed by atoms with Crippen LogP contribution >= 0.6 is 0 Å². The van der Waals surface area contributed by atoms with Gasteiger partial charge >= 0.3 is 0 Å². The van der Waals surface area contributed by atoms with E-state index in [2.05, 4.69) is 29.1 Å². The molecule has 1 saturated heterocycles. The van der Waals surface area contributed by atoms with Crippen LogP contribution in [0.15, 0.2) is 36.4 Å². The molecule has 3 rings (SSSR count). The Morgan fingerprint density at radius 2 is 1.88 bits per heavy atom. The van der Waals surface area contributed by atoms with E-state index in [4.69, 9.17) is 0 Å². The molecule has 1 aromatic heterocycles. The van der Waals surface area contributed by atoms with E-state index < -0.39 is 0 Å². The van der Waals surface area contributed by atoms with Crippen molar-refractivity contribution in [3.05, 3.63) is 42.1 Å². The van der Waals surface area contributed by atoms with Gasteiger partial charge in [0.25, 0.3) is 5.91 Å². The Kier molecular flexibility index (Phi) is 5.64. The van der Waals surface area contributed by atoms with Crippen molar-refractivity contribution in [3.8, 4) is 11.4 Å². The predicted molar refractivity (Wildman–Crippen MR) is 101 cm³/mol. The molecule has 1 amide bonds. The lowest BCUT2D eigenvalue weighted by Crippen LogP contribution is -2.28. The van der Waals surface area contributed by atoms with Gasteiger partial charge in [-0.3, -0.25) is 4.79 Å². The molecule has 1 aromatic carbocycles. The number of nitrogens with zero attached hydrogens (tertiary/aromatic N) is 3. The highest BCUT2D eigenvalue weighted by Gasteiger charge is 2.22. The van der Waals surface area contributed by atoms with Crippen molar-refractivity contribution in [2.24, 2.45) is 5.92 Å². The zero-order chi connectivity index (χ0) is 17.6. The summed E-state index contributed by atoms with van der Waals surface area (Å²) in [4.78, 5) is 23.8. The Bertz CT molecular complexity index is 709. The molecule has 2 heterocycles. The fourth-order valence-corrected chi connectivity index (χ4v) is 2.93. The smallest absolute Gasteiger partial charge is 0.272 e. The van der Waals surface area contributed by atoms with Crippen molar-refractivity contribution >= 4 is 11.7 Å². The van der Waals surface area contributed by atoms with Crippen LogP contribution in [-0.4, -0.2) is 40.4 Å². The summed E-state index contributed by atoms with van der Waals surface area (Å²) in [5.74, 6) is 1.94. The van der Waals surface area contributed by atoms with Gasteiger partial charge in [-0.25, -0.2) is 9.97 Å². The molecular weight excluding hydrogens is 312 g/mol. The van der Waals surface area contributed by atoms with E-state index in [0.29, 0.717) is 17.4 Å². The van der Waals surface area contributed by atoms with E-state index in [9.17, 15) is 4.79 Å². The lowest BCUT2D eigenvalue weighted by atomic mass is 10.1. The molecule has 0 saturated carbocycles. The number of rotatable bonds is 6. The highest BCUT2D eigenvalue weighted by atomic mass is 16.2. The van der Waals surface area contributed by atoms with Crippen molar-refractivity contribution < 1.29 is 4.79 Å². The molecule has 0 spiro atoms. The average Bonchev–Trinajstić information content (AvgIpc) is 3.16. The molecule has 5 heteroatoms. The van der Waals surface area contributed by atoms with Crippen molar-refractivity contribution in [2.75, 3.05) is 25.0 Å². The van der Waals surface area contributed by atoms with E-state index in [0.717, 1.165) is 50.3 Å². The second kappa shape index (κ2) is 8.10. The van der Waals surface area contributed by atoms with Crippen LogP contribution in [0.4, 0.5) is 5.82 Å². The molecule has 2 aromatic rings.